The van der Waals surface area contributed by atoms with E-state index in [1.54, 1.807) is 17.8 Å². The number of carboxylic acids is 1. The van der Waals surface area contributed by atoms with Crippen molar-refractivity contribution in [2.45, 2.75) is 135 Å². The fraction of sp³-hybridized carbons (Fsp3) is 0.659. The van der Waals surface area contributed by atoms with Crippen molar-refractivity contribution >= 4 is 29.8 Å². The molecule has 0 bridgehead atoms. The van der Waals surface area contributed by atoms with Gasteiger partial charge in [0.15, 0.2) is 18.3 Å². The predicted octanol–water partition coefficient (Wildman–Crippen LogP) is 1.29. The first-order chi connectivity index (χ1) is 30.4. The van der Waals surface area contributed by atoms with Crippen LogP contribution in [0, 0.1) is 35.1 Å². The fourth-order valence-corrected chi connectivity index (χ4v) is 7.62. The van der Waals surface area contributed by atoms with Crippen molar-refractivity contribution < 1.29 is 73.8 Å². The predicted molar refractivity (Wildman–Crippen MR) is 240 cm³/mol. The Hall–Kier alpha value is -5.07. The number of guanidine groups is 1. The summed E-state index contributed by atoms with van der Waals surface area (Å²) in [6.07, 6.45) is 10.2. The molecule has 21 heteroatoms. The molecule has 3 rings (SSSR count). The van der Waals surface area contributed by atoms with Gasteiger partial charge in [-0.05, 0) is 55.7 Å². The first-order valence-corrected chi connectivity index (χ1v) is 21.2. The Morgan fingerprint density at radius 2 is 1.31 bits per heavy atom. The van der Waals surface area contributed by atoms with E-state index < -0.39 is 36.4 Å². The van der Waals surface area contributed by atoms with Crippen LogP contribution in [0.4, 0.5) is 0 Å². The van der Waals surface area contributed by atoms with Crippen molar-refractivity contribution in [2.75, 3.05) is 27.9 Å². The fourth-order valence-electron chi connectivity index (χ4n) is 7.62. The SMILES string of the molecule is CCC(C)C(C)[C@@H]1OC(C)=CC(N)C1NC=C=O.CCC(C)C(C)[C@@H]1OC(C)=CC(NC#N)C1NC=C=O.COCC(OC)C(OC)[C@@H]1OC(C(=O)O)=CC(N=C(N)N)C1NC=C=O.[W]. The molecule has 0 aromatic rings. The third kappa shape index (κ3) is 18.7. The zero-order valence-electron chi connectivity index (χ0n) is 39.3. The average Bonchev–Trinajstić information content (AvgIpc) is 3.26. The minimum atomic E-state index is -1.30. The Morgan fingerprint density at radius 1 is 0.815 bits per heavy atom. The van der Waals surface area contributed by atoms with Crippen molar-refractivity contribution in [3.8, 4) is 6.19 Å². The number of carbonyl (C=O) groups is 1. The van der Waals surface area contributed by atoms with Crippen molar-refractivity contribution in [1.82, 2.24) is 21.3 Å². The number of allylic oxidation sites excluding steroid dienone is 2. The van der Waals surface area contributed by atoms with Gasteiger partial charge in [0.2, 0.25) is 5.76 Å². The Bertz CT molecular complexity index is 1770. The first-order valence-electron chi connectivity index (χ1n) is 21.2. The van der Waals surface area contributed by atoms with Crippen molar-refractivity contribution in [2.24, 2.45) is 45.9 Å². The van der Waals surface area contributed by atoms with E-state index in [9.17, 15) is 24.3 Å². The number of nitriles is 1. The van der Waals surface area contributed by atoms with Gasteiger partial charge in [0.25, 0.3) is 0 Å². The number of carbonyl (C=O) groups excluding carboxylic acids is 3. The van der Waals surface area contributed by atoms with E-state index >= 15 is 0 Å². The van der Waals surface area contributed by atoms with Gasteiger partial charge in [-0.2, -0.15) is 5.26 Å². The smallest absolute Gasteiger partial charge is 0.370 e. The molecule has 3 aliphatic rings. The van der Waals surface area contributed by atoms with Gasteiger partial charge in [0, 0.05) is 42.4 Å². The second-order valence-corrected chi connectivity index (χ2v) is 15.8. The summed E-state index contributed by atoms with van der Waals surface area (Å²) in [6, 6.07) is -2.19. The number of methoxy groups -OCH3 is 3. The normalized spacial score (nSPS) is 26.8. The van der Waals surface area contributed by atoms with Gasteiger partial charge in [-0.15, -0.1) is 0 Å². The molecule has 3 heterocycles. The van der Waals surface area contributed by atoms with Crippen molar-refractivity contribution in [1.29, 1.82) is 5.26 Å². The Morgan fingerprint density at radius 3 is 1.74 bits per heavy atom. The van der Waals surface area contributed by atoms with Gasteiger partial charge in [0.1, 0.15) is 42.2 Å². The van der Waals surface area contributed by atoms with Crippen LogP contribution < -0.4 is 38.5 Å². The summed E-state index contributed by atoms with van der Waals surface area (Å²) in [5.41, 5.74) is 17.0. The van der Waals surface area contributed by atoms with Crippen LogP contribution in [-0.2, 0) is 68.7 Å². The number of ether oxygens (including phenoxy) is 6. The molecule has 15 atom stereocenters. The number of hydrogen-bond donors (Lipinski definition) is 8. The average molecular weight is 1090 g/mol. The topological polar surface area (TPSA) is 306 Å². The maximum absolute atomic E-state index is 11.4. The molecule has 0 radical (unpaired) electrons. The van der Waals surface area contributed by atoms with Crippen LogP contribution in [0.3, 0.4) is 0 Å². The Balaban J connectivity index is 0.000000956. The minimum Gasteiger partial charge on any atom is -0.493 e. The zero-order chi connectivity index (χ0) is 48.5. The molecule has 65 heavy (non-hydrogen) atoms. The number of nitrogens with one attached hydrogen (secondary N) is 4. The van der Waals surface area contributed by atoms with Gasteiger partial charge < -0.3 is 72.0 Å². The van der Waals surface area contributed by atoms with Gasteiger partial charge in [-0.25, -0.2) is 24.2 Å². The van der Waals surface area contributed by atoms with E-state index in [-0.39, 0.29) is 75.8 Å². The molecule has 12 unspecified atom stereocenters. The molecular weight excluding hydrogens is 1010 g/mol. The number of nitrogens with two attached hydrogens (primary N) is 3. The maximum Gasteiger partial charge on any atom is 0.370 e. The van der Waals surface area contributed by atoms with E-state index in [2.05, 4.69) is 67.8 Å². The standard InChI is InChI=1S/C15H24N4O7.C15H23N3O2.C14H24N2O2.W/c1-23-7-10(24-2)12(25-3)13-11(18-4-5-20)8(19-15(16)17)6-9(26-13)14(21)22;1-5-10(2)12(4)15-14(17-6-7-19)13(18-9-16)8-11(3)20-15;1-5-9(2)11(4)14-13(16-6-7-17)12(15)8-10(3)18-14;/h4,6,8,10-13,18H,7H2,1-3H3,(H,21,22)(H4,16,17,19);6,8,10,12-15,17-18H,5H2,1-4H3;6,8-9,11-14,16H,5,15H2,1-4H3;/t8?,10?,11?,12?,13-;10?,12?,13?,14?,15-;9?,11?,12?,13?,14-;/m100./s1. The van der Waals surface area contributed by atoms with Crippen LogP contribution in [0.5, 0.6) is 0 Å². The molecule has 0 saturated carbocycles. The third-order valence-electron chi connectivity index (χ3n) is 11.8. The number of carboxylic acid groups (broad SMARTS) is 1. The summed E-state index contributed by atoms with van der Waals surface area (Å²) >= 11 is 0. The van der Waals surface area contributed by atoms with Crippen LogP contribution in [0.25, 0.3) is 0 Å². The number of nitrogens with zero attached hydrogens (tertiary/aromatic N) is 2. The molecule has 3 aliphatic heterocycles. The molecule has 0 saturated heterocycles. The van der Waals surface area contributed by atoms with Crippen LogP contribution >= 0.6 is 0 Å². The first kappa shape index (κ1) is 59.9. The van der Waals surface area contributed by atoms with E-state index in [0.29, 0.717) is 23.7 Å². The quantitative estimate of drug-likeness (QED) is 0.0264. The summed E-state index contributed by atoms with van der Waals surface area (Å²) in [4.78, 5) is 46.9. The second-order valence-electron chi connectivity index (χ2n) is 15.8. The molecule has 0 spiro atoms. The van der Waals surface area contributed by atoms with E-state index in [0.717, 1.165) is 30.6 Å². The summed E-state index contributed by atoms with van der Waals surface area (Å²) in [7, 11) is 4.35. The molecule has 364 valence electrons. The largest absolute Gasteiger partial charge is 0.493 e. The van der Waals surface area contributed by atoms with Gasteiger partial charge in [-0.1, -0.05) is 54.4 Å². The Kier molecular flexibility index (Phi) is 29.3. The van der Waals surface area contributed by atoms with E-state index in [1.807, 2.05) is 32.2 Å². The number of rotatable bonds is 21. The summed E-state index contributed by atoms with van der Waals surface area (Å²) < 4.78 is 33.4. The molecule has 0 aromatic heterocycles. The summed E-state index contributed by atoms with van der Waals surface area (Å²) in [6.45, 7) is 17.0. The van der Waals surface area contributed by atoms with Gasteiger partial charge >= 0.3 is 5.97 Å². The Labute approximate surface area is 397 Å². The van der Waals surface area contributed by atoms with Crippen LogP contribution in [0.15, 0.2) is 59.1 Å². The zero-order valence-corrected chi connectivity index (χ0v) is 42.2. The summed E-state index contributed by atoms with van der Waals surface area (Å²) in [5, 5.41) is 29.7. The molecule has 11 N–H and O–H groups in total. The second kappa shape index (κ2) is 31.7. The third-order valence-corrected chi connectivity index (χ3v) is 11.8. The number of aliphatic imine (C=N–C) groups is 1. The van der Waals surface area contributed by atoms with Crippen molar-refractivity contribution in [3.63, 3.8) is 0 Å². The summed E-state index contributed by atoms with van der Waals surface area (Å²) in [5.74, 6) is 6.46. The molecule has 0 aromatic carbocycles. The number of hydrogen-bond acceptors (Lipinski definition) is 17. The molecule has 20 nitrogen and oxygen atoms in total. The van der Waals surface area contributed by atoms with E-state index in [1.165, 1.54) is 39.8 Å². The van der Waals surface area contributed by atoms with Crippen LogP contribution in [0.2, 0.25) is 0 Å². The monoisotopic (exact) mass is 1090 g/mol. The maximum atomic E-state index is 11.4. The van der Waals surface area contributed by atoms with Crippen LogP contribution in [0.1, 0.15) is 68.2 Å². The van der Waals surface area contributed by atoms with Gasteiger partial charge in [0.05, 0.1) is 73.0 Å². The number of aliphatic carboxylic acids is 1. The molecule has 0 fully saturated rings. The van der Waals surface area contributed by atoms with E-state index in [4.69, 9.17) is 50.9 Å². The molecule has 0 aliphatic carbocycles. The van der Waals surface area contributed by atoms with Gasteiger partial charge in [-0.3, -0.25) is 0 Å². The minimum absolute atomic E-state index is 0. The molecular formula is C44H71N9O11W. The molecule has 0 amide bonds. The van der Waals surface area contributed by atoms with Crippen molar-refractivity contribution in [3.05, 3.63) is 54.1 Å². The van der Waals surface area contributed by atoms with Crippen LogP contribution in [-0.4, -0.2) is 130 Å².